The minimum Gasteiger partial charge on any atom is -0.361 e. The molecular formula is C23H22N4O2. The molecule has 0 aliphatic carbocycles. The Morgan fingerprint density at radius 2 is 1.59 bits per heavy atom. The van der Waals surface area contributed by atoms with Crippen LogP contribution in [0.25, 0.3) is 21.8 Å². The van der Waals surface area contributed by atoms with Crippen molar-refractivity contribution in [2.45, 2.75) is 6.42 Å². The smallest absolute Gasteiger partial charge is 0.256 e. The quantitative estimate of drug-likeness (QED) is 0.493. The van der Waals surface area contributed by atoms with Crippen molar-refractivity contribution in [2.75, 3.05) is 19.6 Å². The zero-order chi connectivity index (χ0) is 19.8. The Morgan fingerprint density at radius 1 is 0.931 bits per heavy atom. The predicted molar refractivity (Wildman–Crippen MR) is 113 cm³/mol. The highest BCUT2D eigenvalue weighted by Crippen LogP contribution is 2.24. The Labute approximate surface area is 167 Å². The fourth-order valence-electron chi connectivity index (χ4n) is 4.03. The van der Waals surface area contributed by atoms with Crippen LogP contribution in [0.2, 0.25) is 0 Å². The van der Waals surface area contributed by atoms with E-state index in [1.165, 1.54) is 10.9 Å². The number of hydrogen-bond acceptors (Lipinski definition) is 2. The Balaban J connectivity index is 1.14. The molecule has 1 aliphatic rings. The molecule has 2 aromatic carbocycles. The Bertz CT molecular complexity index is 1200. The van der Waals surface area contributed by atoms with Gasteiger partial charge in [-0.2, -0.15) is 0 Å². The predicted octanol–water partition coefficient (Wildman–Crippen LogP) is 3.08. The van der Waals surface area contributed by atoms with Crippen molar-refractivity contribution in [1.29, 1.82) is 0 Å². The Morgan fingerprint density at radius 3 is 2.38 bits per heavy atom. The lowest BCUT2D eigenvalue weighted by atomic mass is 9.97. The molecule has 146 valence electrons. The van der Waals surface area contributed by atoms with E-state index < -0.39 is 0 Å². The van der Waals surface area contributed by atoms with Gasteiger partial charge < -0.3 is 20.2 Å². The first-order valence-electron chi connectivity index (χ1n) is 9.89. The molecule has 0 spiro atoms. The number of carbonyl (C=O) groups is 2. The zero-order valence-corrected chi connectivity index (χ0v) is 15.9. The number of benzene rings is 2. The fourth-order valence-corrected chi connectivity index (χ4v) is 4.03. The summed E-state index contributed by atoms with van der Waals surface area (Å²) in [6.45, 7) is 1.53. The van der Waals surface area contributed by atoms with Crippen molar-refractivity contribution in [3.63, 3.8) is 0 Å². The minimum atomic E-state index is -0.132. The van der Waals surface area contributed by atoms with Crippen LogP contribution in [-0.4, -0.2) is 46.3 Å². The third-order valence-electron chi connectivity index (χ3n) is 5.73. The van der Waals surface area contributed by atoms with Gasteiger partial charge in [0.25, 0.3) is 5.91 Å². The number of aromatic amines is 2. The van der Waals surface area contributed by atoms with E-state index in [0.29, 0.717) is 25.2 Å². The molecule has 5 rings (SSSR count). The average molecular weight is 386 g/mol. The van der Waals surface area contributed by atoms with Gasteiger partial charge in [0.2, 0.25) is 5.91 Å². The molecule has 6 heteroatoms. The molecule has 4 aromatic rings. The van der Waals surface area contributed by atoms with Crippen LogP contribution in [0.15, 0.2) is 60.9 Å². The zero-order valence-electron chi connectivity index (χ0n) is 15.9. The number of aromatic nitrogens is 2. The summed E-state index contributed by atoms with van der Waals surface area (Å²) in [4.78, 5) is 33.3. The van der Waals surface area contributed by atoms with E-state index in [0.717, 1.165) is 22.8 Å². The number of amides is 2. The summed E-state index contributed by atoms with van der Waals surface area (Å²) < 4.78 is 0. The van der Waals surface area contributed by atoms with E-state index in [-0.39, 0.29) is 17.7 Å². The van der Waals surface area contributed by atoms with Crippen LogP contribution >= 0.6 is 0 Å². The van der Waals surface area contributed by atoms with Crippen molar-refractivity contribution < 1.29 is 9.59 Å². The van der Waals surface area contributed by atoms with Crippen LogP contribution in [0.1, 0.15) is 15.9 Å². The van der Waals surface area contributed by atoms with Crippen molar-refractivity contribution in [1.82, 2.24) is 20.2 Å². The number of carbonyl (C=O) groups excluding carboxylic acids is 2. The summed E-state index contributed by atoms with van der Waals surface area (Å²) >= 11 is 0. The van der Waals surface area contributed by atoms with Gasteiger partial charge in [-0.3, -0.25) is 9.59 Å². The highest BCUT2D eigenvalue weighted by molar-refractivity contribution is 6.07. The van der Waals surface area contributed by atoms with Crippen LogP contribution in [0.3, 0.4) is 0 Å². The number of fused-ring (bicyclic) bond motifs is 2. The summed E-state index contributed by atoms with van der Waals surface area (Å²) in [5, 5.41) is 5.13. The SMILES string of the molecule is O=C(NCCc1c[nH]c2ccccc12)C1CN(C(=O)c2c[nH]c3ccccc23)C1. The first kappa shape index (κ1) is 17.6. The molecule has 2 aromatic heterocycles. The van der Waals surface area contributed by atoms with Crippen molar-refractivity contribution in [3.8, 4) is 0 Å². The van der Waals surface area contributed by atoms with E-state index in [1.54, 1.807) is 11.1 Å². The van der Waals surface area contributed by atoms with Gasteiger partial charge in [-0.25, -0.2) is 0 Å². The van der Waals surface area contributed by atoms with E-state index in [9.17, 15) is 9.59 Å². The number of nitrogens with one attached hydrogen (secondary N) is 3. The summed E-state index contributed by atoms with van der Waals surface area (Å²) in [7, 11) is 0. The van der Waals surface area contributed by atoms with Gasteiger partial charge >= 0.3 is 0 Å². The molecule has 0 unspecified atom stereocenters. The lowest BCUT2D eigenvalue weighted by molar-refractivity contribution is -0.128. The summed E-state index contributed by atoms with van der Waals surface area (Å²) in [6.07, 6.45) is 4.53. The lowest BCUT2D eigenvalue weighted by Crippen LogP contribution is -2.55. The largest absolute Gasteiger partial charge is 0.361 e. The third-order valence-corrected chi connectivity index (χ3v) is 5.73. The summed E-state index contributed by atoms with van der Waals surface area (Å²) in [5.41, 5.74) is 3.92. The maximum Gasteiger partial charge on any atom is 0.256 e. The standard InChI is InChI=1S/C23H22N4O2/c28-22(24-10-9-15-11-25-20-7-3-1-5-17(15)20)16-13-27(14-16)23(29)19-12-26-21-8-4-2-6-18(19)21/h1-8,11-12,16,25-26H,9-10,13-14H2,(H,24,28). The first-order valence-corrected chi connectivity index (χ1v) is 9.89. The molecule has 29 heavy (non-hydrogen) atoms. The highest BCUT2D eigenvalue weighted by Gasteiger charge is 2.36. The number of rotatable bonds is 5. The molecule has 1 aliphatic heterocycles. The third kappa shape index (κ3) is 3.16. The molecule has 0 saturated carbocycles. The molecular weight excluding hydrogens is 364 g/mol. The number of H-pyrrole nitrogens is 2. The van der Waals surface area contributed by atoms with Crippen molar-refractivity contribution in [2.24, 2.45) is 5.92 Å². The monoisotopic (exact) mass is 386 g/mol. The van der Waals surface area contributed by atoms with Crippen LogP contribution in [0, 0.1) is 5.92 Å². The second-order valence-corrected chi connectivity index (χ2v) is 7.56. The van der Waals surface area contributed by atoms with Crippen LogP contribution in [0.4, 0.5) is 0 Å². The maximum atomic E-state index is 12.7. The molecule has 0 atom stereocenters. The minimum absolute atomic E-state index is 0.0211. The van der Waals surface area contributed by atoms with Crippen molar-refractivity contribution >= 4 is 33.6 Å². The molecule has 6 nitrogen and oxygen atoms in total. The molecule has 3 heterocycles. The number of nitrogens with zero attached hydrogens (tertiary/aromatic N) is 1. The Hall–Kier alpha value is -3.54. The summed E-state index contributed by atoms with van der Waals surface area (Å²) in [5.74, 6) is -0.134. The van der Waals surface area contributed by atoms with Gasteiger partial charge in [-0.05, 0) is 24.1 Å². The fraction of sp³-hybridized carbons (Fsp3) is 0.217. The number of likely N-dealkylation sites (tertiary alicyclic amines) is 1. The number of hydrogen-bond donors (Lipinski definition) is 3. The molecule has 0 radical (unpaired) electrons. The second-order valence-electron chi connectivity index (χ2n) is 7.56. The van der Waals surface area contributed by atoms with Gasteiger partial charge in [0.1, 0.15) is 0 Å². The number of para-hydroxylation sites is 2. The molecule has 1 saturated heterocycles. The van der Waals surface area contributed by atoms with Crippen LogP contribution in [0.5, 0.6) is 0 Å². The Kier molecular flexibility index (Phi) is 4.31. The van der Waals surface area contributed by atoms with Gasteiger partial charge in [0.05, 0.1) is 11.5 Å². The second kappa shape index (κ2) is 7.13. The van der Waals surface area contributed by atoms with Gasteiger partial charge in [0, 0.05) is 53.8 Å². The first-order chi connectivity index (χ1) is 14.2. The maximum absolute atomic E-state index is 12.7. The van der Waals surface area contributed by atoms with E-state index in [1.807, 2.05) is 48.7 Å². The molecule has 2 amide bonds. The van der Waals surface area contributed by atoms with Crippen LogP contribution < -0.4 is 5.32 Å². The van der Waals surface area contributed by atoms with E-state index >= 15 is 0 Å². The highest BCUT2D eigenvalue weighted by atomic mass is 16.2. The molecule has 0 bridgehead atoms. The van der Waals surface area contributed by atoms with Gasteiger partial charge in [-0.15, -0.1) is 0 Å². The van der Waals surface area contributed by atoms with Gasteiger partial charge in [-0.1, -0.05) is 36.4 Å². The molecule has 1 fully saturated rings. The van der Waals surface area contributed by atoms with Crippen molar-refractivity contribution in [3.05, 3.63) is 72.1 Å². The normalized spacial score (nSPS) is 14.3. The van der Waals surface area contributed by atoms with E-state index in [4.69, 9.17) is 0 Å². The average Bonchev–Trinajstić information content (AvgIpc) is 3.31. The lowest BCUT2D eigenvalue weighted by Gasteiger charge is -2.38. The van der Waals surface area contributed by atoms with Gasteiger partial charge in [0.15, 0.2) is 0 Å². The topological polar surface area (TPSA) is 81.0 Å². The summed E-state index contributed by atoms with van der Waals surface area (Å²) in [6, 6.07) is 15.9. The van der Waals surface area contributed by atoms with E-state index in [2.05, 4.69) is 21.4 Å². The van der Waals surface area contributed by atoms with Crippen LogP contribution in [-0.2, 0) is 11.2 Å². The molecule has 3 N–H and O–H groups in total.